The van der Waals surface area contributed by atoms with Gasteiger partial charge in [0.15, 0.2) is 5.71 Å². The van der Waals surface area contributed by atoms with E-state index in [1.807, 2.05) is 0 Å². The van der Waals surface area contributed by atoms with Crippen LogP contribution in [0.25, 0.3) is 0 Å². The number of nitrogens with zero attached hydrogens (tertiary/aromatic N) is 2. The Labute approximate surface area is 99.5 Å². The highest BCUT2D eigenvalue weighted by Gasteiger charge is 2.42. The van der Waals surface area contributed by atoms with Gasteiger partial charge in [-0.1, -0.05) is 17.7 Å². The van der Waals surface area contributed by atoms with Crippen LogP contribution in [0.1, 0.15) is 6.42 Å². The van der Waals surface area contributed by atoms with Gasteiger partial charge in [0, 0.05) is 5.02 Å². The number of anilines is 1. The van der Waals surface area contributed by atoms with Gasteiger partial charge in [0.25, 0.3) is 5.91 Å². The van der Waals surface area contributed by atoms with Crippen molar-refractivity contribution < 1.29 is 18.0 Å². The summed E-state index contributed by atoms with van der Waals surface area (Å²) in [6.07, 6.45) is -5.32. The van der Waals surface area contributed by atoms with Crippen molar-refractivity contribution in [3.63, 3.8) is 0 Å². The smallest absolute Gasteiger partial charge is 0.272 e. The molecule has 0 saturated carbocycles. The molecule has 2 rings (SSSR count). The second-order valence-electron chi connectivity index (χ2n) is 3.41. The fraction of sp³-hybridized carbons (Fsp3) is 0.200. The quantitative estimate of drug-likeness (QED) is 0.766. The van der Waals surface area contributed by atoms with Crippen LogP contribution in [0.2, 0.25) is 5.02 Å². The molecule has 1 amide bonds. The number of hydrazone groups is 1. The van der Waals surface area contributed by atoms with Crippen molar-refractivity contribution in [2.24, 2.45) is 5.10 Å². The minimum atomic E-state index is -4.58. The maximum Gasteiger partial charge on any atom is 0.431 e. The largest absolute Gasteiger partial charge is 0.431 e. The molecule has 7 heteroatoms. The predicted molar refractivity (Wildman–Crippen MR) is 57.0 cm³/mol. The molecule has 0 radical (unpaired) electrons. The topological polar surface area (TPSA) is 32.7 Å². The molecule has 0 atom stereocenters. The number of hydrogen-bond donors (Lipinski definition) is 0. The highest BCUT2D eigenvalue weighted by Crippen LogP contribution is 2.29. The average molecular weight is 263 g/mol. The van der Waals surface area contributed by atoms with Crippen molar-refractivity contribution in [1.82, 2.24) is 0 Å². The Morgan fingerprint density at radius 3 is 2.59 bits per heavy atom. The number of rotatable bonds is 1. The molecule has 0 fully saturated rings. The number of carbonyl (C=O) groups excluding carboxylic acids is 1. The summed E-state index contributed by atoms with van der Waals surface area (Å²) >= 11 is 5.69. The van der Waals surface area contributed by atoms with Gasteiger partial charge in [-0.2, -0.15) is 18.3 Å². The average Bonchev–Trinajstić information content (AvgIpc) is 2.60. The Kier molecular flexibility index (Phi) is 2.82. The molecule has 1 aliphatic heterocycles. The van der Waals surface area contributed by atoms with E-state index < -0.39 is 24.2 Å². The molecule has 1 heterocycles. The van der Waals surface area contributed by atoms with Gasteiger partial charge in [-0.05, 0) is 18.2 Å². The monoisotopic (exact) mass is 262 g/mol. The van der Waals surface area contributed by atoms with Crippen LogP contribution >= 0.6 is 11.6 Å². The van der Waals surface area contributed by atoms with E-state index in [9.17, 15) is 18.0 Å². The van der Waals surface area contributed by atoms with Crippen LogP contribution in [-0.2, 0) is 4.79 Å². The Morgan fingerprint density at radius 2 is 2.06 bits per heavy atom. The lowest BCUT2D eigenvalue weighted by Gasteiger charge is -2.11. The zero-order valence-electron chi connectivity index (χ0n) is 8.33. The maximum absolute atomic E-state index is 12.4. The molecule has 90 valence electrons. The Balaban J connectivity index is 2.34. The van der Waals surface area contributed by atoms with Gasteiger partial charge in [0.2, 0.25) is 0 Å². The van der Waals surface area contributed by atoms with Gasteiger partial charge < -0.3 is 0 Å². The zero-order chi connectivity index (χ0) is 12.6. The van der Waals surface area contributed by atoms with E-state index in [4.69, 9.17) is 11.6 Å². The van der Waals surface area contributed by atoms with E-state index in [0.717, 1.165) is 0 Å². The van der Waals surface area contributed by atoms with Crippen molar-refractivity contribution in [3.8, 4) is 0 Å². The number of alkyl halides is 3. The molecule has 0 N–H and O–H groups in total. The molecule has 0 aromatic heterocycles. The Bertz CT molecular complexity index is 499. The molecule has 1 aromatic carbocycles. The van der Waals surface area contributed by atoms with Crippen molar-refractivity contribution in [1.29, 1.82) is 0 Å². The molecule has 0 bridgehead atoms. The van der Waals surface area contributed by atoms with Crippen LogP contribution in [-0.4, -0.2) is 17.8 Å². The standard InChI is InChI=1S/C10H6ClF3N2O/c11-6-2-1-3-7(4-6)16-9(17)5-8(15-16)10(12,13)14/h1-4H,5H2. The predicted octanol–water partition coefficient (Wildman–Crippen LogP) is 3.00. The first-order valence-electron chi connectivity index (χ1n) is 4.61. The van der Waals surface area contributed by atoms with E-state index in [1.54, 1.807) is 6.07 Å². The summed E-state index contributed by atoms with van der Waals surface area (Å²) in [6, 6.07) is 5.93. The first-order chi connectivity index (χ1) is 7.88. The SMILES string of the molecule is O=C1CC(C(F)(F)F)=NN1c1cccc(Cl)c1. The molecule has 0 aliphatic carbocycles. The summed E-state index contributed by atoms with van der Waals surface area (Å²) in [7, 11) is 0. The minimum Gasteiger partial charge on any atom is -0.272 e. The number of hydrogen-bond acceptors (Lipinski definition) is 2. The maximum atomic E-state index is 12.4. The highest BCUT2D eigenvalue weighted by molar-refractivity contribution is 6.31. The summed E-state index contributed by atoms with van der Waals surface area (Å²) in [5, 5.41) is 4.31. The van der Waals surface area contributed by atoms with Gasteiger partial charge in [0.05, 0.1) is 12.1 Å². The molecule has 0 spiro atoms. The fourth-order valence-corrected chi connectivity index (χ4v) is 1.58. The van der Waals surface area contributed by atoms with Gasteiger partial charge in [-0.3, -0.25) is 4.79 Å². The summed E-state index contributed by atoms with van der Waals surface area (Å²) in [6.45, 7) is 0. The third-order valence-electron chi connectivity index (χ3n) is 2.16. The second kappa shape index (κ2) is 4.03. The fourth-order valence-electron chi connectivity index (χ4n) is 1.40. The van der Waals surface area contributed by atoms with Crippen LogP contribution in [0.5, 0.6) is 0 Å². The molecule has 17 heavy (non-hydrogen) atoms. The molecule has 0 saturated heterocycles. The van der Waals surface area contributed by atoms with Gasteiger partial charge in [0.1, 0.15) is 0 Å². The summed E-state index contributed by atoms with van der Waals surface area (Å²) < 4.78 is 37.1. The number of benzene rings is 1. The van der Waals surface area contributed by atoms with Crippen molar-refractivity contribution in [2.45, 2.75) is 12.6 Å². The number of halogens is 4. The summed E-state index contributed by atoms with van der Waals surface area (Å²) in [5.74, 6) is -0.723. The first-order valence-corrected chi connectivity index (χ1v) is 4.99. The van der Waals surface area contributed by atoms with E-state index in [2.05, 4.69) is 5.10 Å². The molecule has 1 aromatic rings. The summed E-state index contributed by atoms with van der Waals surface area (Å²) in [5.41, 5.74) is -0.871. The van der Waals surface area contributed by atoms with E-state index >= 15 is 0 Å². The van der Waals surface area contributed by atoms with Crippen molar-refractivity contribution in [3.05, 3.63) is 29.3 Å². The van der Waals surface area contributed by atoms with E-state index in [0.29, 0.717) is 10.0 Å². The van der Waals surface area contributed by atoms with Crippen LogP contribution in [0, 0.1) is 0 Å². The van der Waals surface area contributed by atoms with Gasteiger partial charge in [-0.15, -0.1) is 0 Å². The van der Waals surface area contributed by atoms with Gasteiger partial charge in [-0.25, -0.2) is 5.01 Å². The van der Waals surface area contributed by atoms with Crippen molar-refractivity contribution in [2.75, 3.05) is 5.01 Å². The lowest BCUT2D eigenvalue weighted by molar-refractivity contribution is -0.117. The third kappa shape index (κ3) is 2.41. The van der Waals surface area contributed by atoms with Crippen LogP contribution in [0.3, 0.4) is 0 Å². The first kappa shape index (κ1) is 11.9. The van der Waals surface area contributed by atoms with Crippen molar-refractivity contribution >= 4 is 28.9 Å². The molecule has 1 aliphatic rings. The lowest BCUT2D eigenvalue weighted by Crippen LogP contribution is -2.22. The second-order valence-corrected chi connectivity index (χ2v) is 3.84. The highest BCUT2D eigenvalue weighted by atomic mass is 35.5. The van der Waals surface area contributed by atoms with Crippen LogP contribution in [0.4, 0.5) is 18.9 Å². The van der Waals surface area contributed by atoms with Crippen LogP contribution in [0.15, 0.2) is 29.4 Å². The van der Waals surface area contributed by atoms with Gasteiger partial charge >= 0.3 is 6.18 Å². The number of carbonyl (C=O) groups is 1. The van der Waals surface area contributed by atoms with E-state index in [-0.39, 0.29) is 5.69 Å². The normalized spacial score (nSPS) is 16.4. The summed E-state index contributed by atoms with van der Waals surface area (Å²) in [4.78, 5) is 11.4. The molecule has 3 nitrogen and oxygen atoms in total. The molecular formula is C10H6ClF3N2O. The molecule has 0 unspecified atom stereocenters. The Hall–Kier alpha value is -1.56. The molecular weight excluding hydrogens is 257 g/mol. The zero-order valence-corrected chi connectivity index (χ0v) is 9.09. The van der Waals surface area contributed by atoms with Crippen LogP contribution < -0.4 is 5.01 Å². The minimum absolute atomic E-state index is 0.224. The number of amides is 1. The Morgan fingerprint density at radius 1 is 1.35 bits per heavy atom. The lowest BCUT2D eigenvalue weighted by atomic mass is 10.2. The third-order valence-corrected chi connectivity index (χ3v) is 2.39. The van der Waals surface area contributed by atoms with E-state index in [1.165, 1.54) is 18.2 Å².